The number of hydrogen-bond acceptors (Lipinski definition) is 3. The number of halogens is 1. The molecular weight excluding hydrogens is 254 g/mol. The minimum atomic E-state index is -0.332. The highest BCUT2D eigenvalue weighted by atomic mass is 35.5. The fourth-order valence-corrected chi connectivity index (χ4v) is 1.50. The summed E-state index contributed by atoms with van der Waals surface area (Å²) in [5, 5.41) is 3.07. The van der Waals surface area contributed by atoms with Crippen molar-refractivity contribution in [2.75, 3.05) is 26.4 Å². The topological polar surface area (TPSA) is 75.4 Å². The van der Waals surface area contributed by atoms with Crippen molar-refractivity contribution in [1.82, 2.24) is 10.2 Å². The number of amides is 2. The molecule has 0 aliphatic rings. The van der Waals surface area contributed by atoms with Crippen LogP contribution in [0.25, 0.3) is 0 Å². The molecule has 3 N–H and O–H groups in total. The Hall–Kier alpha value is -1.75. The molecule has 0 aliphatic carbocycles. The molecule has 0 saturated heterocycles. The summed E-state index contributed by atoms with van der Waals surface area (Å²) in [5.41, 5.74) is 6.35. The Morgan fingerprint density at radius 3 is 2.67 bits per heavy atom. The molecule has 0 aromatic heterocycles. The van der Waals surface area contributed by atoms with Crippen molar-refractivity contribution in [2.24, 2.45) is 0 Å². The number of rotatable bonds is 4. The SMILES string of the molecule is CN(C)C(=O)CCNC(=O)c1cc(Cl)ccc1N. The molecule has 5 nitrogen and oxygen atoms in total. The Labute approximate surface area is 111 Å². The number of nitrogens with one attached hydrogen (secondary N) is 1. The lowest BCUT2D eigenvalue weighted by molar-refractivity contribution is -0.128. The van der Waals surface area contributed by atoms with E-state index in [1.807, 2.05) is 0 Å². The van der Waals surface area contributed by atoms with Crippen molar-refractivity contribution in [3.8, 4) is 0 Å². The predicted molar refractivity (Wildman–Crippen MR) is 71.5 cm³/mol. The highest BCUT2D eigenvalue weighted by Gasteiger charge is 2.11. The molecule has 0 atom stereocenters. The lowest BCUT2D eigenvalue weighted by Gasteiger charge is -2.11. The summed E-state index contributed by atoms with van der Waals surface area (Å²) in [7, 11) is 3.33. The monoisotopic (exact) mass is 269 g/mol. The van der Waals surface area contributed by atoms with Gasteiger partial charge in [0.05, 0.1) is 5.56 Å². The average Bonchev–Trinajstić information content (AvgIpc) is 2.31. The molecule has 6 heteroatoms. The maximum Gasteiger partial charge on any atom is 0.253 e. The minimum Gasteiger partial charge on any atom is -0.398 e. The van der Waals surface area contributed by atoms with Crippen molar-refractivity contribution in [3.05, 3.63) is 28.8 Å². The van der Waals surface area contributed by atoms with Gasteiger partial charge in [-0.2, -0.15) is 0 Å². The van der Waals surface area contributed by atoms with E-state index in [9.17, 15) is 9.59 Å². The van der Waals surface area contributed by atoms with Crippen LogP contribution >= 0.6 is 11.6 Å². The zero-order valence-electron chi connectivity index (χ0n) is 10.4. The molecule has 98 valence electrons. The highest BCUT2D eigenvalue weighted by Crippen LogP contribution is 2.17. The number of carbonyl (C=O) groups excluding carboxylic acids is 2. The maximum absolute atomic E-state index is 11.8. The van der Waals surface area contributed by atoms with Gasteiger partial charge in [-0.25, -0.2) is 0 Å². The van der Waals surface area contributed by atoms with E-state index in [1.54, 1.807) is 26.2 Å². The number of benzene rings is 1. The lowest BCUT2D eigenvalue weighted by atomic mass is 10.1. The van der Waals surface area contributed by atoms with Crippen LogP contribution in [0, 0.1) is 0 Å². The first-order valence-electron chi connectivity index (χ1n) is 5.45. The summed E-state index contributed by atoms with van der Waals surface area (Å²) >= 11 is 5.79. The Bertz CT molecular complexity index is 461. The Kier molecular flexibility index (Phi) is 4.97. The molecule has 18 heavy (non-hydrogen) atoms. The fourth-order valence-electron chi connectivity index (χ4n) is 1.33. The van der Waals surface area contributed by atoms with Crippen molar-refractivity contribution in [2.45, 2.75) is 6.42 Å². The average molecular weight is 270 g/mol. The van der Waals surface area contributed by atoms with Crippen molar-refractivity contribution in [3.63, 3.8) is 0 Å². The second kappa shape index (κ2) is 6.26. The van der Waals surface area contributed by atoms with Gasteiger partial charge in [0, 0.05) is 37.8 Å². The Morgan fingerprint density at radius 2 is 2.06 bits per heavy atom. The van der Waals surface area contributed by atoms with Crippen LogP contribution in [0.3, 0.4) is 0 Å². The van der Waals surface area contributed by atoms with E-state index >= 15 is 0 Å². The van der Waals surface area contributed by atoms with Gasteiger partial charge in [0.25, 0.3) is 5.91 Å². The molecule has 0 aliphatic heterocycles. The Morgan fingerprint density at radius 1 is 1.39 bits per heavy atom. The third kappa shape index (κ3) is 3.92. The summed E-state index contributed by atoms with van der Waals surface area (Å²) in [6.07, 6.45) is 0.249. The van der Waals surface area contributed by atoms with Gasteiger partial charge in [0.15, 0.2) is 0 Å². The number of carbonyl (C=O) groups is 2. The number of nitrogens with zero attached hydrogens (tertiary/aromatic N) is 1. The summed E-state index contributed by atoms with van der Waals surface area (Å²) in [4.78, 5) is 24.6. The van der Waals surface area contributed by atoms with E-state index < -0.39 is 0 Å². The van der Waals surface area contributed by atoms with Crippen LogP contribution in [0.4, 0.5) is 5.69 Å². The van der Waals surface area contributed by atoms with Gasteiger partial charge in [-0.15, -0.1) is 0 Å². The van der Waals surface area contributed by atoms with E-state index in [-0.39, 0.29) is 24.8 Å². The van der Waals surface area contributed by atoms with Gasteiger partial charge in [0.2, 0.25) is 5.91 Å². The summed E-state index contributed by atoms with van der Waals surface area (Å²) < 4.78 is 0. The number of anilines is 1. The molecule has 2 amide bonds. The van der Waals surface area contributed by atoms with Gasteiger partial charge in [-0.3, -0.25) is 9.59 Å². The second-order valence-electron chi connectivity index (χ2n) is 4.03. The molecule has 0 radical (unpaired) electrons. The van der Waals surface area contributed by atoms with E-state index in [0.29, 0.717) is 16.3 Å². The van der Waals surface area contributed by atoms with Gasteiger partial charge in [0.1, 0.15) is 0 Å². The smallest absolute Gasteiger partial charge is 0.253 e. The molecule has 1 aromatic carbocycles. The Balaban J connectivity index is 2.56. The van der Waals surface area contributed by atoms with Crippen LogP contribution in [0.2, 0.25) is 5.02 Å². The predicted octanol–water partition coefficient (Wildman–Crippen LogP) is 1.13. The molecule has 0 unspecified atom stereocenters. The molecular formula is C12H16ClN3O2. The lowest BCUT2D eigenvalue weighted by Crippen LogP contribution is -2.30. The summed E-state index contributed by atoms with van der Waals surface area (Å²) in [6.45, 7) is 0.266. The number of nitrogens with two attached hydrogens (primary N) is 1. The zero-order valence-corrected chi connectivity index (χ0v) is 11.1. The molecule has 0 fully saturated rings. The van der Waals surface area contributed by atoms with Crippen LogP contribution in [0.5, 0.6) is 0 Å². The molecule has 0 spiro atoms. The van der Waals surface area contributed by atoms with Crippen LogP contribution in [0.1, 0.15) is 16.8 Å². The minimum absolute atomic E-state index is 0.0469. The van der Waals surface area contributed by atoms with Crippen molar-refractivity contribution < 1.29 is 9.59 Å². The van der Waals surface area contributed by atoms with E-state index in [4.69, 9.17) is 17.3 Å². The quantitative estimate of drug-likeness (QED) is 0.805. The van der Waals surface area contributed by atoms with Crippen LogP contribution < -0.4 is 11.1 Å². The van der Waals surface area contributed by atoms with Crippen LogP contribution in [0.15, 0.2) is 18.2 Å². The van der Waals surface area contributed by atoms with Gasteiger partial charge in [-0.05, 0) is 18.2 Å². The third-order valence-corrected chi connectivity index (χ3v) is 2.62. The second-order valence-corrected chi connectivity index (χ2v) is 4.46. The molecule has 0 saturated carbocycles. The third-order valence-electron chi connectivity index (χ3n) is 2.38. The first-order valence-corrected chi connectivity index (χ1v) is 5.83. The van der Waals surface area contributed by atoms with Crippen molar-refractivity contribution in [1.29, 1.82) is 0 Å². The standard InChI is InChI=1S/C12H16ClN3O2/c1-16(2)11(17)5-6-15-12(18)9-7-8(13)3-4-10(9)14/h3-4,7H,5-6,14H2,1-2H3,(H,15,18). The molecule has 0 heterocycles. The summed E-state index contributed by atoms with van der Waals surface area (Å²) in [6, 6.07) is 4.69. The van der Waals surface area contributed by atoms with Crippen LogP contribution in [-0.4, -0.2) is 37.4 Å². The van der Waals surface area contributed by atoms with Crippen LogP contribution in [-0.2, 0) is 4.79 Å². The zero-order chi connectivity index (χ0) is 13.7. The first-order chi connectivity index (χ1) is 8.41. The van der Waals surface area contributed by atoms with E-state index in [1.165, 1.54) is 11.0 Å². The van der Waals surface area contributed by atoms with E-state index in [0.717, 1.165) is 0 Å². The van der Waals surface area contributed by atoms with Gasteiger partial charge in [-0.1, -0.05) is 11.6 Å². The fraction of sp³-hybridized carbons (Fsp3) is 0.333. The van der Waals surface area contributed by atoms with Gasteiger partial charge >= 0.3 is 0 Å². The number of nitrogen functional groups attached to an aromatic ring is 1. The maximum atomic E-state index is 11.8. The largest absolute Gasteiger partial charge is 0.398 e. The normalized spacial score (nSPS) is 9.94. The van der Waals surface area contributed by atoms with Gasteiger partial charge < -0.3 is 16.0 Å². The highest BCUT2D eigenvalue weighted by molar-refractivity contribution is 6.31. The number of hydrogen-bond donors (Lipinski definition) is 2. The van der Waals surface area contributed by atoms with E-state index in [2.05, 4.69) is 5.32 Å². The summed E-state index contributed by atoms with van der Waals surface area (Å²) in [5.74, 6) is -0.379. The molecule has 1 aromatic rings. The van der Waals surface area contributed by atoms with Crippen molar-refractivity contribution >= 4 is 29.1 Å². The molecule has 0 bridgehead atoms. The molecule has 1 rings (SSSR count). The first kappa shape index (κ1) is 14.3.